The highest BCUT2D eigenvalue weighted by Gasteiger charge is 2.32. The van der Waals surface area contributed by atoms with Crippen molar-refractivity contribution in [2.75, 3.05) is 6.54 Å². The summed E-state index contributed by atoms with van der Waals surface area (Å²) in [4.78, 5) is 37.5. The zero-order chi connectivity index (χ0) is 17.5. The van der Waals surface area contributed by atoms with Crippen LogP contribution >= 0.6 is 0 Å². The molecule has 2 rings (SSSR count). The molecule has 0 aromatic rings. The standard InChI is InChI=1S/C18H31N3O3/c1-13(21(12-22)16-9-7-15(19)8-10-16)17(23)18(24)20-11-14-5-3-2-4-6-14/h12-16H,2-11,19H2,1H3,(H,20,24). The Balaban J connectivity index is 1.84. The molecule has 136 valence electrons. The van der Waals surface area contributed by atoms with Gasteiger partial charge in [0.15, 0.2) is 0 Å². The van der Waals surface area contributed by atoms with E-state index in [1.807, 2.05) is 0 Å². The molecule has 0 aliphatic heterocycles. The van der Waals surface area contributed by atoms with E-state index in [-0.39, 0.29) is 12.1 Å². The summed E-state index contributed by atoms with van der Waals surface area (Å²) in [6.45, 7) is 2.21. The number of rotatable bonds is 7. The minimum absolute atomic E-state index is 0.00685. The number of carbonyl (C=O) groups is 3. The molecule has 0 heterocycles. The highest BCUT2D eigenvalue weighted by Crippen LogP contribution is 2.24. The summed E-state index contributed by atoms with van der Waals surface area (Å²) >= 11 is 0. The highest BCUT2D eigenvalue weighted by atomic mass is 16.2. The summed E-state index contributed by atoms with van der Waals surface area (Å²) < 4.78 is 0. The van der Waals surface area contributed by atoms with E-state index < -0.39 is 17.7 Å². The molecule has 0 aromatic heterocycles. The Labute approximate surface area is 144 Å². The average Bonchev–Trinajstić information content (AvgIpc) is 2.62. The third kappa shape index (κ3) is 5.03. The van der Waals surface area contributed by atoms with Crippen LogP contribution in [0.25, 0.3) is 0 Å². The Morgan fingerprint density at radius 1 is 1.12 bits per heavy atom. The molecule has 2 aliphatic carbocycles. The van der Waals surface area contributed by atoms with E-state index in [2.05, 4.69) is 5.32 Å². The van der Waals surface area contributed by atoms with Crippen LogP contribution in [0.5, 0.6) is 0 Å². The van der Waals surface area contributed by atoms with Gasteiger partial charge in [-0.25, -0.2) is 0 Å². The van der Waals surface area contributed by atoms with Gasteiger partial charge in [-0.1, -0.05) is 19.3 Å². The third-order valence-corrected chi connectivity index (χ3v) is 5.61. The molecule has 0 radical (unpaired) electrons. The molecule has 0 spiro atoms. The lowest BCUT2D eigenvalue weighted by Gasteiger charge is -2.36. The summed E-state index contributed by atoms with van der Waals surface area (Å²) in [6.07, 6.45) is 9.90. The Kier molecular flexibility index (Phi) is 7.21. The Hall–Kier alpha value is -1.43. The van der Waals surface area contributed by atoms with Gasteiger partial charge in [0.25, 0.3) is 5.91 Å². The van der Waals surface area contributed by atoms with Crippen LogP contribution in [0.15, 0.2) is 0 Å². The second-order valence-electron chi connectivity index (χ2n) is 7.38. The van der Waals surface area contributed by atoms with Crippen molar-refractivity contribution in [2.45, 2.75) is 82.8 Å². The fourth-order valence-electron chi connectivity index (χ4n) is 3.93. The Morgan fingerprint density at radius 2 is 1.75 bits per heavy atom. The first kappa shape index (κ1) is 18.9. The molecule has 2 saturated carbocycles. The van der Waals surface area contributed by atoms with Crippen LogP contribution in [0.3, 0.4) is 0 Å². The molecule has 0 bridgehead atoms. The molecule has 2 fully saturated rings. The number of hydrogen-bond acceptors (Lipinski definition) is 4. The molecule has 0 aromatic carbocycles. The number of carbonyl (C=O) groups excluding carboxylic acids is 3. The van der Waals surface area contributed by atoms with Crippen LogP contribution < -0.4 is 11.1 Å². The van der Waals surface area contributed by atoms with Crippen LogP contribution in [0.2, 0.25) is 0 Å². The normalized spacial score (nSPS) is 26.4. The van der Waals surface area contributed by atoms with Gasteiger partial charge < -0.3 is 16.0 Å². The quantitative estimate of drug-likeness (QED) is 0.542. The molecule has 6 heteroatoms. The van der Waals surface area contributed by atoms with Crippen LogP contribution in [-0.2, 0) is 14.4 Å². The minimum Gasteiger partial charge on any atom is -0.349 e. The minimum atomic E-state index is -0.715. The summed E-state index contributed by atoms with van der Waals surface area (Å²) in [5, 5.41) is 2.77. The summed E-state index contributed by atoms with van der Waals surface area (Å²) in [5.74, 6) is -0.604. The molecule has 3 N–H and O–H groups in total. The molecule has 0 saturated heterocycles. The lowest BCUT2D eigenvalue weighted by atomic mass is 9.89. The lowest BCUT2D eigenvalue weighted by molar-refractivity contribution is -0.143. The van der Waals surface area contributed by atoms with Crippen LogP contribution in [0, 0.1) is 5.92 Å². The zero-order valence-electron chi connectivity index (χ0n) is 14.7. The second kappa shape index (κ2) is 9.16. The van der Waals surface area contributed by atoms with Crippen molar-refractivity contribution in [1.82, 2.24) is 10.2 Å². The summed E-state index contributed by atoms with van der Waals surface area (Å²) in [5.41, 5.74) is 5.90. The fourth-order valence-corrected chi connectivity index (χ4v) is 3.93. The van der Waals surface area contributed by atoms with Gasteiger partial charge in [0, 0.05) is 18.6 Å². The van der Waals surface area contributed by atoms with E-state index in [9.17, 15) is 14.4 Å². The van der Waals surface area contributed by atoms with Gasteiger partial charge in [-0.3, -0.25) is 14.4 Å². The zero-order valence-corrected chi connectivity index (χ0v) is 14.7. The van der Waals surface area contributed by atoms with Crippen molar-refractivity contribution in [1.29, 1.82) is 0 Å². The molecule has 1 unspecified atom stereocenters. The number of Topliss-reactive ketones (excluding diaryl/α,β-unsaturated/α-hetero) is 1. The largest absolute Gasteiger partial charge is 0.349 e. The summed E-state index contributed by atoms with van der Waals surface area (Å²) in [7, 11) is 0. The Morgan fingerprint density at radius 3 is 2.33 bits per heavy atom. The van der Waals surface area contributed by atoms with E-state index in [0.29, 0.717) is 18.9 Å². The number of amides is 2. The number of nitrogens with one attached hydrogen (secondary N) is 1. The number of nitrogens with two attached hydrogens (primary N) is 1. The van der Waals surface area contributed by atoms with Crippen molar-refractivity contribution in [3.8, 4) is 0 Å². The first-order valence-electron chi connectivity index (χ1n) is 9.33. The maximum atomic E-state index is 12.4. The average molecular weight is 337 g/mol. The molecule has 24 heavy (non-hydrogen) atoms. The van der Waals surface area contributed by atoms with Gasteiger partial charge >= 0.3 is 0 Å². The van der Waals surface area contributed by atoms with Crippen molar-refractivity contribution in [3.63, 3.8) is 0 Å². The monoisotopic (exact) mass is 337 g/mol. The molecule has 2 amide bonds. The molecular weight excluding hydrogens is 306 g/mol. The third-order valence-electron chi connectivity index (χ3n) is 5.61. The lowest BCUT2D eigenvalue weighted by Crippen LogP contribution is -2.51. The topological polar surface area (TPSA) is 92.5 Å². The predicted molar refractivity (Wildman–Crippen MR) is 92.2 cm³/mol. The van der Waals surface area contributed by atoms with Crippen molar-refractivity contribution < 1.29 is 14.4 Å². The van der Waals surface area contributed by atoms with E-state index in [0.717, 1.165) is 38.5 Å². The predicted octanol–water partition coefficient (Wildman–Crippen LogP) is 1.37. The van der Waals surface area contributed by atoms with Crippen molar-refractivity contribution in [3.05, 3.63) is 0 Å². The van der Waals surface area contributed by atoms with Crippen LogP contribution in [0.4, 0.5) is 0 Å². The highest BCUT2D eigenvalue weighted by molar-refractivity contribution is 6.38. The van der Waals surface area contributed by atoms with Crippen molar-refractivity contribution >= 4 is 18.1 Å². The van der Waals surface area contributed by atoms with Gasteiger partial charge in [-0.2, -0.15) is 0 Å². The number of hydrogen-bond donors (Lipinski definition) is 2. The summed E-state index contributed by atoms with van der Waals surface area (Å²) in [6, 6.07) is -0.528. The SMILES string of the molecule is CC(C(=O)C(=O)NCC1CCCCC1)N(C=O)C1CCC(N)CC1. The second-order valence-corrected chi connectivity index (χ2v) is 7.38. The van der Waals surface area contributed by atoms with Crippen LogP contribution in [-0.4, -0.2) is 47.7 Å². The number of ketones is 1. The Bertz CT molecular complexity index is 441. The van der Waals surface area contributed by atoms with E-state index in [1.165, 1.54) is 24.2 Å². The first-order chi connectivity index (χ1) is 11.5. The van der Waals surface area contributed by atoms with Gasteiger partial charge in [0.1, 0.15) is 0 Å². The fraction of sp³-hybridized carbons (Fsp3) is 0.833. The van der Waals surface area contributed by atoms with Gasteiger partial charge in [-0.15, -0.1) is 0 Å². The van der Waals surface area contributed by atoms with E-state index in [1.54, 1.807) is 6.92 Å². The number of nitrogens with zero attached hydrogens (tertiary/aromatic N) is 1. The molecule has 2 aliphatic rings. The van der Waals surface area contributed by atoms with E-state index >= 15 is 0 Å². The van der Waals surface area contributed by atoms with Crippen LogP contribution in [0.1, 0.15) is 64.7 Å². The van der Waals surface area contributed by atoms with Gasteiger partial charge in [0.2, 0.25) is 12.2 Å². The van der Waals surface area contributed by atoms with Crippen molar-refractivity contribution in [2.24, 2.45) is 11.7 Å². The van der Waals surface area contributed by atoms with Gasteiger partial charge in [0.05, 0.1) is 6.04 Å². The van der Waals surface area contributed by atoms with E-state index in [4.69, 9.17) is 5.73 Å². The molecule has 6 nitrogen and oxygen atoms in total. The maximum absolute atomic E-state index is 12.4. The molecular formula is C18H31N3O3. The smallest absolute Gasteiger partial charge is 0.289 e. The maximum Gasteiger partial charge on any atom is 0.289 e. The molecule has 1 atom stereocenters. The first-order valence-corrected chi connectivity index (χ1v) is 9.33. The van der Waals surface area contributed by atoms with Gasteiger partial charge in [-0.05, 0) is 51.4 Å².